The van der Waals surface area contributed by atoms with Crippen LogP contribution in [0.3, 0.4) is 0 Å². The molecule has 1 aromatic rings. The van der Waals surface area contributed by atoms with Gasteiger partial charge in [0.2, 0.25) is 0 Å². The van der Waals surface area contributed by atoms with Gasteiger partial charge in [0.05, 0.1) is 5.49 Å². The van der Waals surface area contributed by atoms with Crippen molar-refractivity contribution in [3.63, 3.8) is 0 Å². The zero-order valence-electron chi connectivity index (χ0n) is 8.90. The molecule has 4 heteroatoms. The number of thiocarbonyl (C=S) groups is 1. The molecule has 1 amide bonds. The van der Waals surface area contributed by atoms with E-state index in [1.165, 1.54) is 0 Å². The van der Waals surface area contributed by atoms with Crippen molar-refractivity contribution in [2.75, 3.05) is 0 Å². The van der Waals surface area contributed by atoms with Gasteiger partial charge in [-0.25, -0.2) is 4.79 Å². The molecule has 0 saturated heterocycles. The number of benzene rings is 1. The first-order chi connectivity index (χ1) is 7.33. The summed E-state index contributed by atoms with van der Waals surface area (Å²) in [7, 11) is 0. The lowest BCUT2D eigenvalue weighted by Crippen LogP contribution is -2.21. The molecule has 82 valence electrons. The van der Waals surface area contributed by atoms with E-state index < -0.39 is 6.09 Å². The predicted octanol–water partition coefficient (Wildman–Crippen LogP) is 2.90. The van der Waals surface area contributed by atoms with Crippen LogP contribution >= 0.6 is 12.2 Å². The molecule has 0 aliphatic heterocycles. The average molecular weight is 225 g/mol. The fourth-order valence-corrected chi connectivity index (χ4v) is 0.909. The summed E-state index contributed by atoms with van der Waals surface area (Å²) in [5.74, 6) is 0. The zero-order chi connectivity index (χ0) is 11.5. The Morgan fingerprint density at radius 2 is 2.00 bits per heavy atom. The molecule has 0 radical (unpaired) electrons. The van der Waals surface area contributed by atoms with E-state index in [0.717, 1.165) is 11.1 Å². The fourth-order valence-electron chi connectivity index (χ4n) is 0.813. The van der Waals surface area contributed by atoms with E-state index in [-0.39, 0.29) is 6.61 Å². The molecule has 0 bridgehead atoms. The Bertz CT molecular complexity index is 288. The van der Waals surface area contributed by atoms with Crippen LogP contribution in [0.4, 0.5) is 4.79 Å². The second kappa shape index (κ2) is 9.15. The Labute approximate surface area is 95.4 Å². The molecule has 1 N–H and O–H groups in total. The predicted molar refractivity (Wildman–Crippen MR) is 64.8 cm³/mol. The molecule has 0 atom stereocenters. The molecular formula is C11H15NO2S. The lowest BCUT2D eigenvalue weighted by molar-refractivity contribution is 0.145. The third-order valence-electron chi connectivity index (χ3n) is 1.39. The van der Waals surface area contributed by atoms with Crippen LogP contribution in [0.25, 0.3) is 0 Å². The molecular weight excluding hydrogens is 210 g/mol. The van der Waals surface area contributed by atoms with E-state index >= 15 is 0 Å². The second-order valence-electron chi connectivity index (χ2n) is 2.32. The number of hydrogen-bond acceptors (Lipinski definition) is 3. The van der Waals surface area contributed by atoms with Gasteiger partial charge in [0, 0.05) is 0 Å². The Morgan fingerprint density at radius 1 is 1.40 bits per heavy atom. The van der Waals surface area contributed by atoms with E-state index in [0.29, 0.717) is 0 Å². The fraction of sp³-hybridized carbons (Fsp3) is 0.273. The minimum Gasteiger partial charge on any atom is -0.444 e. The van der Waals surface area contributed by atoms with E-state index in [1.54, 1.807) is 0 Å². The lowest BCUT2D eigenvalue weighted by atomic mass is 10.2. The number of nitrogens with one attached hydrogen (secondary N) is 1. The monoisotopic (exact) mass is 225 g/mol. The normalized spacial score (nSPS) is 8.13. The molecule has 0 aliphatic rings. The van der Waals surface area contributed by atoms with Crippen LogP contribution < -0.4 is 5.32 Å². The largest absolute Gasteiger partial charge is 0.444 e. The highest BCUT2D eigenvalue weighted by Gasteiger charge is 1.98. The molecule has 0 fully saturated rings. The summed E-state index contributed by atoms with van der Waals surface area (Å²) in [6.45, 7) is 4.26. The molecule has 0 unspecified atom stereocenters. The summed E-state index contributed by atoms with van der Waals surface area (Å²) in [4.78, 5) is 10.8. The Hall–Kier alpha value is -1.42. The number of amides is 1. The quantitative estimate of drug-likeness (QED) is 0.804. The Kier molecular flexibility index (Phi) is 8.28. The molecule has 0 aromatic heterocycles. The van der Waals surface area contributed by atoms with Crippen molar-refractivity contribution in [2.24, 2.45) is 0 Å². The molecule has 15 heavy (non-hydrogen) atoms. The van der Waals surface area contributed by atoms with Crippen LogP contribution in [0.5, 0.6) is 0 Å². The van der Waals surface area contributed by atoms with Crippen LogP contribution in [0, 0.1) is 0 Å². The van der Waals surface area contributed by atoms with Gasteiger partial charge in [0.25, 0.3) is 0 Å². The number of ether oxygens (including phenoxy) is 1. The van der Waals surface area contributed by atoms with Crippen molar-refractivity contribution in [1.82, 2.24) is 5.32 Å². The second-order valence-corrected chi connectivity index (χ2v) is 2.56. The van der Waals surface area contributed by atoms with Gasteiger partial charge in [-0.2, -0.15) is 0 Å². The number of rotatable bonds is 3. The maximum atomic E-state index is 10.8. The number of alkyl carbamates (subject to hydrolysis) is 1. The van der Waals surface area contributed by atoms with Crippen LogP contribution in [0.1, 0.15) is 19.4 Å². The van der Waals surface area contributed by atoms with E-state index in [4.69, 9.17) is 4.74 Å². The maximum absolute atomic E-state index is 10.8. The Morgan fingerprint density at radius 3 is 2.53 bits per heavy atom. The topological polar surface area (TPSA) is 38.3 Å². The highest BCUT2D eigenvalue weighted by molar-refractivity contribution is 7.78. The summed E-state index contributed by atoms with van der Waals surface area (Å²) < 4.78 is 4.82. The maximum Gasteiger partial charge on any atom is 0.412 e. The first-order valence-corrected chi connectivity index (χ1v) is 5.21. The van der Waals surface area contributed by atoms with E-state index in [9.17, 15) is 4.79 Å². The van der Waals surface area contributed by atoms with Crippen molar-refractivity contribution >= 4 is 23.8 Å². The number of carbonyl (C=O) groups excluding carboxylic acids is 1. The molecule has 3 nitrogen and oxygen atoms in total. The molecule has 0 heterocycles. The van der Waals surface area contributed by atoms with Gasteiger partial charge in [-0.15, -0.1) is 0 Å². The molecule has 0 aliphatic carbocycles. The van der Waals surface area contributed by atoms with Gasteiger partial charge < -0.3 is 4.74 Å². The van der Waals surface area contributed by atoms with Gasteiger partial charge in [0.1, 0.15) is 6.61 Å². The lowest BCUT2D eigenvalue weighted by Gasteiger charge is -2.02. The minimum absolute atomic E-state index is 0.260. The SMILES string of the molecule is CC.O=C(NC=S)OCc1ccccc1. The zero-order valence-corrected chi connectivity index (χ0v) is 9.71. The number of carbonyl (C=O) groups is 1. The summed E-state index contributed by atoms with van der Waals surface area (Å²) in [5.41, 5.74) is 2.06. The van der Waals surface area contributed by atoms with Crippen molar-refractivity contribution in [2.45, 2.75) is 20.5 Å². The van der Waals surface area contributed by atoms with Gasteiger partial charge in [-0.3, -0.25) is 5.32 Å². The van der Waals surface area contributed by atoms with Crippen molar-refractivity contribution in [3.8, 4) is 0 Å². The third-order valence-corrected chi connectivity index (χ3v) is 1.51. The highest BCUT2D eigenvalue weighted by atomic mass is 32.1. The van der Waals surface area contributed by atoms with Gasteiger partial charge >= 0.3 is 6.09 Å². The van der Waals surface area contributed by atoms with Crippen LogP contribution in [0.15, 0.2) is 30.3 Å². The molecule has 0 saturated carbocycles. The minimum atomic E-state index is -0.529. The van der Waals surface area contributed by atoms with Gasteiger partial charge in [-0.05, 0) is 5.56 Å². The first-order valence-electron chi connectivity index (χ1n) is 4.74. The summed E-state index contributed by atoms with van der Waals surface area (Å²) in [6.07, 6.45) is -0.529. The third kappa shape index (κ3) is 6.62. The van der Waals surface area contributed by atoms with Crippen molar-refractivity contribution in [1.29, 1.82) is 0 Å². The summed E-state index contributed by atoms with van der Waals surface area (Å²) in [5, 5.41) is 2.24. The summed E-state index contributed by atoms with van der Waals surface area (Å²) >= 11 is 4.42. The summed E-state index contributed by atoms with van der Waals surface area (Å²) in [6, 6.07) is 9.43. The number of hydrogen-bond donors (Lipinski definition) is 1. The standard InChI is InChI=1S/C9H9NO2S.C2H6/c11-9(10-7-13)12-6-8-4-2-1-3-5-8;1-2/h1-5,7H,6H2,(H,10,11,13);1-2H3. The Balaban J connectivity index is 0.000000921. The van der Waals surface area contributed by atoms with Crippen molar-refractivity contribution in [3.05, 3.63) is 35.9 Å². The van der Waals surface area contributed by atoms with Crippen LogP contribution in [-0.4, -0.2) is 11.6 Å². The molecule has 1 rings (SSSR count). The molecule has 0 spiro atoms. The van der Waals surface area contributed by atoms with Crippen molar-refractivity contribution < 1.29 is 9.53 Å². The van der Waals surface area contributed by atoms with E-state index in [1.807, 2.05) is 44.2 Å². The average Bonchev–Trinajstić information content (AvgIpc) is 2.31. The van der Waals surface area contributed by atoms with E-state index in [2.05, 4.69) is 17.5 Å². The first kappa shape index (κ1) is 13.6. The van der Waals surface area contributed by atoms with Gasteiger partial charge in [0.15, 0.2) is 0 Å². The van der Waals surface area contributed by atoms with Crippen LogP contribution in [-0.2, 0) is 11.3 Å². The van der Waals surface area contributed by atoms with Gasteiger partial charge in [-0.1, -0.05) is 56.4 Å². The molecule has 1 aromatic carbocycles. The highest BCUT2D eigenvalue weighted by Crippen LogP contribution is 1.99. The van der Waals surface area contributed by atoms with Crippen LogP contribution in [0.2, 0.25) is 0 Å². The smallest absolute Gasteiger partial charge is 0.412 e.